The van der Waals surface area contributed by atoms with Crippen molar-refractivity contribution in [3.63, 3.8) is 0 Å². The van der Waals surface area contributed by atoms with Crippen molar-refractivity contribution in [2.45, 2.75) is 283 Å². The first-order chi connectivity index (χ1) is 42.6. The molecule has 0 spiro atoms. The first-order valence-corrected chi connectivity index (χ1v) is 35.0. The van der Waals surface area contributed by atoms with Crippen molar-refractivity contribution < 1.29 is 42.9 Å². The summed E-state index contributed by atoms with van der Waals surface area (Å²) in [5.74, 6) is -2.04. The third-order valence-corrected chi connectivity index (χ3v) is 14.6. The van der Waals surface area contributed by atoms with Crippen molar-refractivity contribution in [1.82, 2.24) is 0 Å². The summed E-state index contributed by atoms with van der Waals surface area (Å²) in [4.78, 5) is 37.6. The van der Waals surface area contributed by atoms with Crippen molar-refractivity contribution in [2.75, 3.05) is 47.5 Å². The Morgan fingerprint density at radius 3 is 0.989 bits per heavy atom. The highest BCUT2D eigenvalue weighted by Crippen LogP contribution is 2.16. The molecule has 0 aliphatic carbocycles. The topological polar surface area (TPSA) is 108 Å². The normalized spacial score (nSPS) is 13.6. The molecule has 0 heterocycles. The van der Waals surface area contributed by atoms with Crippen LogP contribution in [0.25, 0.3) is 0 Å². The Morgan fingerprint density at radius 2 is 0.655 bits per heavy atom. The Hall–Kier alpha value is -4.83. The van der Waals surface area contributed by atoms with Gasteiger partial charge in [0.05, 0.1) is 34.4 Å². The Morgan fingerprint density at radius 1 is 0.356 bits per heavy atom. The van der Waals surface area contributed by atoms with Gasteiger partial charge in [-0.15, -0.1) is 0 Å². The van der Waals surface area contributed by atoms with Gasteiger partial charge in [0.2, 0.25) is 0 Å². The first-order valence-electron chi connectivity index (χ1n) is 35.0. The summed E-state index contributed by atoms with van der Waals surface area (Å²) in [5.41, 5.74) is 0. The fraction of sp³-hybridized carbons (Fsp3) is 0.654. The summed E-state index contributed by atoms with van der Waals surface area (Å²) in [6.07, 6.45) is 95.2. The molecule has 0 aliphatic rings. The van der Waals surface area contributed by atoms with Crippen LogP contribution < -0.4 is 0 Å². The van der Waals surface area contributed by atoms with Crippen molar-refractivity contribution in [3.8, 4) is 0 Å². The molecule has 0 rings (SSSR count). The van der Waals surface area contributed by atoms with E-state index < -0.39 is 24.3 Å². The van der Waals surface area contributed by atoms with Crippen LogP contribution in [0.5, 0.6) is 0 Å². The quantitative estimate of drug-likeness (QED) is 0.0211. The number of unbranched alkanes of at least 4 members (excludes halogenated alkanes) is 24. The van der Waals surface area contributed by atoms with Gasteiger partial charge in [-0.05, 0) is 122 Å². The second-order valence-electron chi connectivity index (χ2n) is 24.1. The van der Waals surface area contributed by atoms with Gasteiger partial charge in [-0.3, -0.25) is 9.59 Å². The zero-order valence-corrected chi connectivity index (χ0v) is 56.4. The van der Waals surface area contributed by atoms with E-state index in [9.17, 15) is 19.5 Å². The lowest BCUT2D eigenvalue weighted by molar-refractivity contribution is -0.870. The number of nitrogens with zero attached hydrogens (tertiary/aromatic N) is 1. The fourth-order valence-electron chi connectivity index (χ4n) is 9.25. The van der Waals surface area contributed by atoms with E-state index >= 15 is 0 Å². The van der Waals surface area contributed by atoms with E-state index in [4.69, 9.17) is 18.9 Å². The molecular formula is C78H130NO8+. The highest BCUT2D eigenvalue weighted by atomic mass is 16.7. The van der Waals surface area contributed by atoms with Crippen molar-refractivity contribution >= 4 is 17.9 Å². The number of hydrogen-bond donors (Lipinski definition) is 1. The lowest BCUT2D eigenvalue weighted by atomic mass is 10.0. The van der Waals surface area contributed by atoms with Gasteiger partial charge in [0.1, 0.15) is 13.2 Å². The summed E-state index contributed by atoms with van der Waals surface area (Å²) in [7, 11) is 5.96. The number of carbonyl (C=O) groups excluding carboxylic acids is 2. The van der Waals surface area contributed by atoms with E-state index in [0.717, 1.165) is 122 Å². The summed E-state index contributed by atoms with van der Waals surface area (Å²) in [5, 5.41) is 9.74. The average molecular weight is 1210 g/mol. The van der Waals surface area contributed by atoms with E-state index in [1.807, 2.05) is 21.1 Å². The highest BCUT2D eigenvalue weighted by molar-refractivity contribution is 5.71. The van der Waals surface area contributed by atoms with Crippen molar-refractivity contribution in [3.05, 3.63) is 146 Å². The van der Waals surface area contributed by atoms with E-state index in [-0.39, 0.29) is 32.2 Å². The molecule has 0 aromatic heterocycles. The molecule has 0 aromatic rings. The molecule has 87 heavy (non-hydrogen) atoms. The molecular weight excluding hydrogens is 1080 g/mol. The third-order valence-electron chi connectivity index (χ3n) is 14.6. The number of likely N-dealkylation sites (N-methyl/N-ethyl adjacent to an activating group) is 1. The number of allylic oxidation sites excluding steroid dienone is 24. The molecule has 1 N–H and O–H groups in total. The number of esters is 2. The predicted molar refractivity (Wildman–Crippen MR) is 373 cm³/mol. The van der Waals surface area contributed by atoms with E-state index in [2.05, 4.69) is 160 Å². The Bertz CT molecular complexity index is 1940. The molecule has 0 radical (unpaired) electrons. The first kappa shape index (κ1) is 82.2. The summed E-state index contributed by atoms with van der Waals surface area (Å²) in [6, 6.07) is 0. The zero-order chi connectivity index (χ0) is 63.3. The van der Waals surface area contributed by atoms with Crippen LogP contribution in [0.2, 0.25) is 0 Å². The van der Waals surface area contributed by atoms with Gasteiger partial charge >= 0.3 is 17.9 Å². The van der Waals surface area contributed by atoms with E-state index in [1.165, 1.54) is 116 Å². The summed E-state index contributed by atoms with van der Waals surface area (Å²) < 4.78 is 22.9. The lowest BCUT2D eigenvalue weighted by Gasteiger charge is -2.25. The standard InChI is InChI=1S/C78H129NO8/c1-6-8-10-12-14-16-18-20-22-24-26-28-30-31-32-33-34-35-36-37-38-39-40-41-42-43-44-45-47-49-51-53-55-57-59-61-63-65-67-69-76(81)87-74(73-86-78(77(82)83)84-71-70-79(3,4)5)72-85-75(80)68-66-64-62-60-58-56-54-52-50-48-46-29-27-25-23-21-19-17-15-13-11-9-7-2/h8,10,14,16,20,22,25-28,31-32,34-35,37-38,40-41,43-44,47,49,53,55,74,78H,6-7,9,11-13,15,17-19,21,23-24,29-30,33,36,39,42,45-46,48,50-52,54,56-73H2,1-5H3/p+1/b10-8-,16-14-,22-20-,27-25-,28-26-,32-31-,35-34-,38-37-,41-40-,44-43-,49-47-,55-53-. The van der Waals surface area contributed by atoms with Crippen molar-refractivity contribution in [1.29, 1.82) is 0 Å². The Kier molecular flexibility index (Phi) is 63.4. The van der Waals surface area contributed by atoms with E-state index in [0.29, 0.717) is 23.9 Å². The number of aliphatic carboxylic acids is 1. The SMILES string of the molecule is CC/C=C\C/C=C\C/C=C\C/C=C\C/C=C\C/C=C\C/C=C\C/C=C\C/C=C\C/C=C\C/C=C\CCCCCCCC(=O)OC(COC(=O)CCCCCCCCCCCCC/C=C\CCCCCCCCCC)COC(OCC[N+](C)(C)C)C(=O)O. The van der Waals surface area contributed by atoms with Crippen LogP contribution in [-0.2, 0) is 33.3 Å². The molecule has 9 nitrogen and oxygen atoms in total. The number of rotatable bonds is 63. The number of quaternary nitrogens is 1. The zero-order valence-electron chi connectivity index (χ0n) is 56.4. The summed E-state index contributed by atoms with van der Waals surface area (Å²) in [6.45, 7) is 4.74. The van der Waals surface area contributed by atoms with E-state index in [1.54, 1.807) is 0 Å². The lowest BCUT2D eigenvalue weighted by Crippen LogP contribution is -2.40. The summed E-state index contributed by atoms with van der Waals surface area (Å²) >= 11 is 0. The monoisotopic (exact) mass is 1210 g/mol. The van der Waals surface area contributed by atoms with Gasteiger partial charge in [-0.25, -0.2) is 4.79 Å². The average Bonchev–Trinajstić information content (AvgIpc) is 3.55. The smallest absolute Gasteiger partial charge is 0.361 e. The molecule has 2 unspecified atom stereocenters. The number of carboxylic acids is 1. The van der Waals surface area contributed by atoms with Crippen LogP contribution in [-0.4, -0.2) is 87.4 Å². The molecule has 9 heteroatoms. The maximum absolute atomic E-state index is 12.9. The second-order valence-corrected chi connectivity index (χ2v) is 24.1. The van der Waals surface area contributed by atoms with Crippen LogP contribution in [0.3, 0.4) is 0 Å². The van der Waals surface area contributed by atoms with Crippen LogP contribution in [0.4, 0.5) is 0 Å². The Balaban J connectivity index is 4.23. The van der Waals surface area contributed by atoms with Crippen LogP contribution in [0.1, 0.15) is 271 Å². The van der Waals surface area contributed by atoms with Crippen molar-refractivity contribution in [2.24, 2.45) is 0 Å². The number of hydrogen-bond acceptors (Lipinski definition) is 7. The minimum atomic E-state index is -1.53. The second kappa shape index (κ2) is 67.1. The van der Waals surface area contributed by atoms with Gasteiger partial charge in [-0.2, -0.15) is 0 Å². The molecule has 0 saturated heterocycles. The molecule has 0 aromatic carbocycles. The minimum Gasteiger partial charge on any atom is -0.477 e. The van der Waals surface area contributed by atoms with Crippen LogP contribution in [0, 0.1) is 0 Å². The highest BCUT2D eigenvalue weighted by Gasteiger charge is 2.25. The molecule has 0 aliphatic heterocycles. The van der Waals surface area contributed by atoms with Gasteiger partial charge in [0.15, 0.2) is 6.10 Å². The van der Waals surface area contributed by atoms with Gasteiger partial charge in [-0.1, -0.05) is 282 Å². The molecule has 0 amide bonds. The third kappa shape index (κ3) is 68.5. The van der Waals surface area contributed by atoms with Gasteiger partial charge in [0, 0.05) is 12.8 Å². The maximum Gasteiger partial charge on any atom is 0.361 e. The van der Waals surface area contributed by atoms with Crippen LogP contribution >= 0.6 is 0 Å². The minimum absolute atomic E-state index is 0.177. The largest absolute Gasteiger partial charge is 0.477 e. The van der Waals surface area contributed by atoms with Gasteiger partial charge < -0.3 is 28.5 Å². The Labute approximate surface area is 534 Å². The fourth-order valence-corrected chi connectivity index (χ4v) is 9.25. The predicted octanol–water partition coefficient (Wildman–Crippen LogP) is 21.9. The molecule has 0 bridgehead atoms. The molecule has 0 fully saturated rings. The molecule has 2 atom stereocenters. The maximum atomic E-state index is 12.9. The number of ether oxygens (including phenoxy) is 4. The number of carboxylic acid groups (broad SMARTS) is 1. The molecule has 0 saturated carbocycles. The van der Waals surface area contributed by atoms with Crippen LogP contribution in [0.15, 0.2) is 146 Å². The molecule has 494 valence electrons. The number of carbonyl (C=O) groups is 3. The van der Waals surface area contributed by atoms with Gasteiger partial charge in [0.25, 0.3) is 6.29 Å².